The Morgan fingerprint density at radius 2 is 1.86 bits per heavy atom. The predicted octanol–water partition coefficient (Wildman–Crippen LogP) is 5.66. The number of ether oxygens (including phenoxy) is 1. The zero-order chi connectivity index (χ0) is 20.4. The van der Waals surface area contributed by atoms with Crippen LogP contribution in [0, 0.1) is 12.8 Å². The van der Waals surface area contributed by atoms with Gasteiger partial charge in [-0.2, -0.15) is 0 Å². The van der Waals surface area contributed by atoms with Crippen molar-refractivity contribution < 1.29 is 9.53 Å². The standard InChI is InChI=1S/C23H23N3O2S/c1-15(2)14-28-19-11-9-18(10-12-19)24-22(27)21-16(3)26-13-20(25-23(26)29-21)17-7-5-4-6-8-17/h4-13,15H,14H2,1-3H3,(H,24,27). The van der Waals surface area contributed by atoms with E-state index in [4.69, 9.17) is 4.74 Å². The average molecular weight is 406 g/mol. The summed E-state index contributed by atoms with van der Waals surface area (Å²) in [4.78, 5) is 18.9. The molecule has 0 radical (unpaired) electrons. The molecule has 2 aromatic heterocycles. The number of hydrogen-bond acceptors (Lipinski definition) is 4. The lowest BCUT2D eigenvalue weighted by molar-refractivity contribution is 0.102. The number of aromatic nitrogens is 2. The average Bonchev–Trinajstić information content (AvgIpc) is 3.28. The number of benzene rings is 2. The molecule has 0 aliphatic rings. The Morgan fingerprint density at radius 3 is 2.52 bits per heavy atom. The van der Waals surface area contributed by atoms with Crippen LogP contribution >= 0.6 is 11.3 Å². The number of thiazole rings is 1. The van der Waals surface area contributed by atoms with E-state index in [1.807, 2.05) is 72.1 Å². The van der Waals surface area contributed by atoms with Gasteiger partial charge >= 0.3 is 0 Å². The summed E-state index contributed by atoms with van der Waals surface area (Å²) in [6.07, 6.45) is 1.98. The summed E-state index contributed by atoms with van der Waals surface area (Å²) in [6, 6.07) is 17.5. The van der Waals surface area contributed by atoms with Gasteiger partial charge in [-0.1, -0.05) is 55.5 Å². The van der Waals surface area contributed by atoms with Gasteiger partial charge in [0, 0.05) is 23.1 Å². The van der Waals surface area contributed by atoms with E-state index in [2.05, 4.69) is 24.1 Å². The van der Waals surface area contributed by atoms with Crippen LogP contribution in [0.25, 0.3) is 16.2 Å². The number of nitrogens with one attached hydrogen (secondary N) is 1. The normalized spacial score (nSPS) is 11.2. The highest BCUT2D eigenvalue weighted by atomic mass is 32.1. The molecule has 5 nitrogen and oxygen atoms in total. The third kappa shape index (κ3) is 4.17. The molecule has 0 saturated carbocycles. The topological polar surface area (TPSA) is 55.6 Å². The zero-order valence-electron chi connectivity index (χ0n) is 16.7. The van der Waals surface area contributed by atoms with Crippen molar-refractivity contribution >= 4 is 27.9 Å². The number of rotatable bonds is 6. The largest absolute Gasteiger partial charge is 0.493 e. The van der Waals surface area contributed by atoms with Gasteiger partial charge in [-0.3, -0.25) is 9.20 Å². The minimum atomic E-state index is -0.130. The molecule has 1 amide bonds. The molecular formula is C23H23N3O2S. The fourth-order valence-electron chi connectivity index (χ4n) is 2.99. The predicted molar refractivity (Wildman–Crippen MR) is 118 cm³/mol. The van der Waals surface area contributed by atoms with Crippen LogP contribution in [0.5, 0.6) is 5.75 Å². The van der Waals surface area contributed by atoms with Crippen LogP contribution in [-0.2, 0) is 0 Å². The number of aryl methyl sites for hydroxylation is 1. The van der Waals surface area contributed by atoms with E-state index in [1.54, 1.807) is 0 Å². The molecular weight excluding hydrogens is 382 g/mol. The molecule has 0 aliphatic heterocycles. The van der Waals surface area contributed by atoms with Gasteiger partial charge in [-0.05, 0) is 37.1 Å². The van der Waals surface area contributed by atoms with Crippen LogP contribution in [0.15, 0.2) is 60.8 Å². The number of imidazole rings is 1. The third-order valence-electron chi connectivity index (χ3n) is 4.53. The molecule has 0 unspecified atom stereocenters. The van der Waals surface area contributed by atoms with Crippen LogP contribution in [0.2, 0.25) is 0 Å². The highest BCUT2D eigenvalue weighted by Crippen LogP contribution is 2.28. The second-order valence-electron chi connectivity index (χ2n) is 7.34. The second-order valence-corrected chi connectivity index (χ2v) is 8.32. The van der Waals surface area contributed by atoms with E-state index in [9.17, 15) is 4.79 Å². The van der Waals surface area contributed by atoms with Crippen molar-refractivity contribution in [2.75, 3.05) is 11.9 Å². The molecule has 0 bridgehead atoms. The molecule has 4 rings (SSSR count). The summed E-state index contributed by atoms with van der Waals surface area (Å²) in [6.45, 7) is 6.83. The summed E-state index contributed by atoms with van der Waals surface area (Å²) in [5, 5.41) is 2.96. The van der Waals surface area contributed by atoms with Gasteiger partial charge in [0.1, 0.15) is 10.6 Å². The van der Waals surface area contributed by atoms with Gasteiger partial charge in [-0.15, -0.1) is 0 Å². The van der Waals surface area contributed by atoms with E-state index in [0.29, 0.717) is 17.4 Å². The van der Waals surface area contributed by atoms with Gasteiger partial charge < -0.3 is 10.1 Å². The highest BCUT2D eigenvalue weighted by molar-refractivity contribution is 7.19. The maximum Gasteiger partial charge on any atom is 0.267 e. The van der Waals surface area contributed by atoms with E-state index in [1.165, 1.54) is 11.3 Å². The van der Waals surface area contributed by atoms with Crippen LogP contribution in [0.3, 0.4) is 0 Å². The quantitative estimate of drug-likeness (QED) is 0.450. The summed E-state index contributed by atoms with van der Waals surface area (Å²) < 4.78 is 7.66. The summed E-state index contributed by atoms with van der Waals surface area (Å²) >= 11 is 1.40. The van der Waals surface area contributed by atoms with Gasteiger partial charge in [0.2, 0.25) is 0 Å². The van der Waals surface area contributed by atoms with Crippen molar-refractivity contribution in [1.29, 1.82) is 0 Å². The first kappa shape index (κ1) is 19.2. The first-order chi connectivity index (χ1) is 14.0. The van der Waals surface area contributed by atoms with Crippen molar-refractivity contribution in [3.8, 4) is 17.0 Å². The highest BCUT2D eigenvalue weighted by Gasteiger charge is 2.18. The van der Waals surface area contributed by atoms with E-state index in [-0.39, 0.29) is 5.91 Å². The van der Waals surface area contributed by atoms with Gasteiger partial charge in [-0.25, -0.2) is 4.98 Å². The fourth-order valence-corrected chi connectivity index (χ4v) is 4.00. The Hall–Kier alpha value is -3.12. The molecule has 2 heterocycles. The Bertz CT molecular complexity index is 1130. The first-order valence-electron chi connectivity index (χ1n) is 9.59. The summed E-state index contributed by atoms with van der Waals surface area (Å²) in [5.74, 6) is 1.14. The van der Waals surface area contributed by atoms with Crippen molar-refractivity contribution in [1.82, 2.24) is 9.38 Å². The smallest absolute Gasteiger partial charge is 0.267 e. The third-order valence-corrected chi connectivity index (χ3v) is 5.68. The van der Waals surface area contributed by atoms with Crippen LogP contribution in [0.1, 0.15) is 29.2 Å². The Balaban J connectivity index is 1.50. The molecule has 6 heteroatoms. The number of carbonyl (C=O) groups excluding carboxylic acids is 1. The Morgan fingerprint density at radius 1 is 1.14 bits per heavy atom. The van der Waals surface area contributed by atoms with Gasteiger partial charge in [0.25, 0.3) is 5.91 Å². The minimum Gasteiger partial charge on any atom is -0.493 e. The molecule has 0 atom stereocenters. The molecule has 29 heavy (non-hydrogen) atoms. The van der Waals surface area contributed by atoms with E-state index in [0.717, 1.165) is 33.3 Å². The second kappa shape index (κ2) is 8.09. The van der Waals surface area contributed by atoms with Crippen molar-refractivity contribution in [3.63, 3.8) is 0 Å². The van der Waals surface area contributed by atoms with E-state index < -0.39 is 0 Å². The Kier molecular flexibility index (Phi) is 5.36. The van der Waals surface area contributed by atoms with Gasteiger partial charge in [0.05, 0.1) is 12.3 Å². The molecule has 0 aliphatic carbocycles. The number of nitrogens with zero attached hydrogens (tertiary/aromatic N) is 2. The number of fused-ring (bicyclic) bond motifs is 1. The maximum atomic E-state index is 12.8. The molecule has 148 valence electrons. The minimum absolute atomic E-state index is 0.130. The lowest BCUT2D eigenvalue weighted by Gasteiger charge is -2.09. The SMILES string of the molecule is Cc1c(C(=O)Nc2ccc(OCC(C)C)cc2)sc2nc(-c3ccccc3)cn12. The van der Waals surface area contributed by atoms with Crippen molar-refractivity contribution in [2.24, 2.45) is 5.92 Å². The molecule has 0 saturated heterocycles. The molecule has 4 aromatic rings. The summed E-state index contributed by atoms with van der Waals surface area (Å²) in [7, 11) is 0. The number of amides is 1. The first-order valence-corrected chi connectivity index (χ1v) is 10.4. The number of carbonyl (C=O) groups is 1. The van der Waals surface area contributed by atoms with Crippen LogP contribution in [0.4, 0.5) is 5.69 Å². The van der Waals surface area contributed by atoms with Crippen molar-refractivity contribution in [3.05, 3.63) is 71.4 Å². The maximum absolute atomic E-state index is 12.8. The van der Waals surface area contributed by atoms with Gasteiger partial charge in [0.15, 0.2) is 4.96 Å². The van der Waals surface area contributed by atoms with Crippen LogP contribution < -0.4 is 10.1 Å². The lowest BCUT2D eigenvalue weighted by Crippen LogP contribution is -2.12. The molecule has 2 aromatic carbocycles. The van der Waals surface area contributed by atoms with Crippen LogP contribution in [-0.4, -0.2) is 21.9 Å². The fraction of sp³-hybridized carbons (Fsp3) is 0.217. The molecule has 1 N–H and O–H groups in total. The monoisotopic (exact) mass is 405 g/mol. The van der Waals surface area contributed by atoms with E-state index >= 15 is 0 Å². The zero-order valence-corrected chi connectivity index (χ0v) is 17.5. The lowest BCUT2D eigenvalue weighted by atomic mass is 10.2. The number of anilines is 1. The number of hydrogen-bond donors (Lipinski definition) is 1. The molecule has 0 spiro atoms. The Labute approximate surface area is 174 Å². The molecule has 0 fully saturated rings. The summed E-state index contributed by atoms with van der Waals surface area (Å²) in [5.41, 5.74) is 3.59. The van der Waals surface area contributed by atoms with Crippen molar-refractivity contribution in [2.45, 2.75) is 20.8 Å².